The van der Waals surface area contributed by atoms with Crippen LogP contribution in [-0.4, -0.2) is 48.3 Å². The fraction of sp³-hybridized carbons (Fsp3) is 0.500. The number of Topliss-reactive ketones (excluding diaryl/α,β-unsaturated/α-hetero) is 1. The van der Waals surface area contributed by atoms with Crippen molar-refractivity contribution in [2.24, 2.45) is 0 Å². The van der Waals surface area contributed by atoms with Gasteiger partial charge in [-0.05, 0) is 74.5 Å². The summed E-state index contributed by atoms with van der Waals surface area (Å²) in [4.78, 5) is 17.8. The minimum atomic E-state index is 0.315. The second-order valence-electron chi connectivity index (χ2n) is 8.67. The van der Waals surface area contributed by atoms with Crippen molar-refractivity contribution >= 4 is 5.78 Å². The maximum Gasteiger partial charge on any atom is 0.162 e. The van der Waals surface area contributed by atoms with E-state index in [4.69, 9.17) is 0 Å². The van der Waals surface area contributed by atoms with E-state index in [0.29, 0.717) is 12.2 Å². The minimum absolute atomic E-state index is 0.315. The topological polar surface area (TPSA) is 23.6 Å². The number of rotatable bonds is 7. The molecule has 0 radical (unpaired) electrons. The van der Waals surface area contributed by atoms with Gasteiger partial charge in [-0.3, -0.25) is 9.69 Å². The molecule has 0 saturated carbocycles. The zero-order valence-corrected chi connectivity index (χ0v) is 17.6. The van der Waals surface area contributed by atoms with Gasteiger partial charge >= 0.3 is 0 Å². The molecule has 0 bridgehead atoms. The first-order valence-corrected chi connectivity index (χ1v) is 11.4. The standard InChI is InChI=1S/C26H34N2O/c29-26(10-7-17-27-15-5-2-6-16-27)25-12-11-23-13-18-28(19-14-24(23)20-25)21-22-8-3-1-4-9-22/h1,3-4,8-9,11-12,20H,2,5-7,10,13-19,21H2. The smallest absolute Gasteiger partial charge is 0.162 e. The molecule has 1 saturated heterocycles. The third kappa shape index (κ3) is 5.77. The summed E-state index contributed by atoms with van der Waals surface area (Å²) in [6.07, 6.45) is 7.78. The number of fused-ring (bicyclic) bond motifs is 1. The quantitative estimate of drug-likeness (QED) is 0.638. The van der Waals surface area contributed by atoms with Crippen molar-refractivity contribution in [1.82, 2.24) is 9.80 Å². The van der Waals surface area contributed by atoms with Crippen LogP contribution in [0.15, 0.2) is 48.5 Å². The molecule has 0 aromatic heterocycles. The number of ketones is 1. The molecule has 2 heterocycles. The van der Waals surface area contributed by atoms with Crippen LogP contribution >= 0.6 is 0 Å². The monoisotopic (exact) mass is 390 g/mol. The predicted octanol–water partition coefficient (Wildman–Crippen LogP) is 4.74. The molecule has 0 atom stereocenters. The van der Waals surface area contributed by atoms with Crippen LogP contribution in [0.2, 0.25) is 0 Å². The molecule has 2 aromatic rings. The molecule has 3 nitrogen and oxygen atoms in total. The van der Waals surface area contributed by atoms with Crippen LogP contribution in [0.3, 0.4) is 0 Å². The summed E-state index contributed by atoms with van der Waals surface area (Å²) in [6, 6.07) is 17.2. The molecule has 0 N–H and O–H groups in total. The highest BCUT2D eigenvalue weighted by molar-refractivity contribution is 5.96. The Balaban J connectivity index is 1.30. The van der Waals surface area contributed by atoms with Gasteiger partial charge in [0, 0.05) is 31.6 Å². The molecule has 0 amide bonds. The fourth-order valence-electron chi connectivity index (χ4n) is 4.74. The molecule has 154 valence electrons. The Kier molecular flexibility index (Phi) is 7.13. The molecular weight excluding hydrogens is 356 g/mol. The lowest BCUT2D eigenvalue weighted by Gasteiger charge is -2.26. The van der Waals surface area contributed by atoms with E-state index in [-0.39, 0.29) is 0 Å². The predicted molar refractivity (Wildman–Crippen MR) is 119 cm³/mol. The summed E-state index contributed by atoms with van der Waals surface area (Å²) in [6.45, 7) is 6.67. The Labute approximate surface area is 175 Å². The first-order chi connectivity index (χ1) is 14.3. The van der Waals surface area contributed by atoms with Crippen LogP contribution in [-0.2, 0) is 19.4 Å². The van der Waals surface area contributed by atoms with Gasteiger partial charge in [-0.15, -0.1) is 0 Å². The largest absolute Gasteiger partial charge is 0.303 e. The Morgan fingerprint density at radius 2 is 1.55 bits per heavy atom. The Morgan fingerprint density at radius 1 is 0.793 bits per heavy atom. The van der Waals surface area contributed by atoms with E-state index < -0.39 is 0 Å². The van der Waals surface area contributed by atoms with Crippen LogP contribution in [0.4, 0.5) is 0 Å². The summed E-state index contributed by atoms with van der Waals surface area (Å²) >= 11 is 0. The number of carbonyl (C=O) groups excluding carboxylic acids is 1. The SMILES string of the molecule is O=C(CCCN1CCCCC1)c1ccc2c(c1)CCN(Cc1ccccc1)CC2. The first-order valence-electron chi connectivity index (χ1n) is 11.4. The molecule has 2 aromatic carbocycles. The average molecular weight is 391 g/mol. The van der Waals surface area contributed by atoms with Crippen molar-refractivity contribution in [3.05, 3.63) is 70.8 Å². The zero-order chi connectivity index (χ0) is 19.9. The number of nitrogens with zero attached hydrogens (tertiary/aromatic N) is 2. The van der Waals surface area contributed by atoms with Crippen LogP contribution < -0.4 is 0 Å². The molecule has 4 rings (SSSR count). The van der Waals surface area contributed by atoms with Gasteiger partial charge in [0.15, 0.2) is 5.78 Å². The maximum atomic E-state index is 12.7. The lowest BCUT2D eigenvalue weighted by molar-refractivity contribution is 0.0973. The molecule has 0 spiro atoms. The molecule has 1 fully saturated rings. The summed E-state index contributed by atoms with van der Waals surface area (Å²) in [5.74, 6) is 0.315. The highest BCUT2D eigenvalue weighted by atomic mass is 16.1. The second-order valence-corrected chi connectivity index (χ2v) is 8.67. The average Bonchev–Trinajstić information content (AvgIpc) is 2.97. The summed E-state index contributed by atoms with van der Waals surface area (Å²) in [5, 5.41) is 0. The zero-order valence-electron chi connectivity index (χ0n) is 17.6. The van der Waals surface area contributed by atoms with Gasteiger partial charge in [0.25, 0.3) is 0 Å². The van der Waals surface area contributed by atoms with Crippen molar-refractivity contribution in [1.29, 1.82) is 0 Å². The summed E-state index contributed by atoms with van der Waals surface area (Å²) in [5.41, 5.74) is 5.09. The van der Waals surface area contributed by atoms with E-state index in [1.165, 1.54) is 49.0 Å². The molecule has 2 aliphatic rings. The van der Waals surface area contributed by atoms with Gasteiger partial charge in [-0.2, -0.15) is 0 Å². The van der Waals surface area contributed by atoms with Crippen molar-refractivity contribution < 1.29 is 4.79 Å². The number of likely N-dealkylation sites (tertiary alicyclic amines) is 1. The fourth-order valence-corrected chi connectivity index (χ4v) is 4.74. The highest BCUT2D eigenvalue weighted by Crippen LogP contribution is 2.20. The normalized spacial score (nSPS) is 18.2. The Hall–Kier alpha value is -1.97. The van der Waals surface area contributed by atoms with E-state index in [9.17, 15) is 4.79 Å². The molecule has 0 aliphatic carbocycles. The van der Waals surface area contributed by atoms with Crippen LogP contribution in [0.5, 0.6) is 0 Å². The number of carbonyl (C=O) groups is 1. The third-order valence-corrected chi connectivity index (χ3v) is 6.50. The Morgan fingerprint density at radius 3 is 2.34 bits per heavy atom. The summed E-state index contributed by atoms with van der Waals surface area (Å²) < 4.78 is 0. The number of piperidine rings is 1. The second kappa shape index (κ2) is 10.2. The molecule has 29 heavy (non-hydrogen) atoms. The van der Waals surface area contributed by atoms with Gasteiger partial charge in [0.05, 0.1) is 0 Å². The van der Waals surface area contributed by atoms with Gasteiger partial charge < -0.3 is 4.90 Å². The number of benzene rings is 2. The maximum absolute atomic E-state index is 12.7. The van der Waals surface area contributed by atoms with E-state index in [2.05, 4.69) is 58.3 Å². The van der Waals surface area contributed by atoms with E-state index in [1.54, 1.807) is 0 Å². The molecular formula is C26H34N2O. The van der Waals surface area contributed by atoms with Crippen molar-refractivity contribution in [3.63, 3.8) is 0 Å². The summed E-state index contributed by atoms with van der Waals surface area (Å²) in [7, 11) is 0. The van der Waals surface area contributed by atoms with Gasteiger partial charge in [-0.1, -0.05) is 48.9 Å². The highest BCUT2D eigenvalue weighted by Gasteiger charge is 2.17. The van der Waals surface area contributed by atoms with E-state index in [1.807, 2.05) is 0 Å². The first kappa shape index (κ1) is 20.3. The van der Waals surface area contributed by atoms with Gasteiger partial charge in [0.2, 0.25) is 0 Å². The van der Waals surface area contributed by atoms with Gasteiger partial charge in [-0.25, -0.2) is 0 Å². The number of hydrogen-bond donors (Lipinski definition) is 0. The lowest BCUT2D eigenvalue weighted by atomic mass is 9.97. The van der Waals surface area contributed by atoms with Crippen molar-refractivity contribution in [2.45, 2.75) is 51.5 Å². The molecule has 2 aliphatic heterocycles. The minimum Gasteiger partial charge on any atom is -0.303 e. The third-order valence-electron chi connectivity index (χ3n) is 6.50. The van der Waals surface area contributed by atoms with Crippen LogP contribution in [0.1, 0.15) is 59.2 Å². The van der Waals surface area contributed by atoms with E-state index >= 15 is 0 Å². The molecule has 3 heteroatoms. The molecule has 0 unspecified atom stereocenters. The van der Waals surface area contributed by atoms with Crippen molar-refractivity contribution in [3.8, 4) is 0 Å². The van der Waals surface area contributed by atoms with Crippen molar-refractivity contribution in [2.75, 3.05) is 32.7 Å². The lowest BCUT2D eigenvalue weighted by Crippen LogP contribution is -2.30. The number of hydrogen-bond acceptors (Lipinski definition) is 3. The Bertz CT molecular complexity index is 796. The van der Waals surface area contributed by atoms with Crippen LogP contribution in [0.25, 0.3) is 0 Å². The van der Waals surface area contributed by atoms with Gasteiger partial charge in [0.1, 0.15) is 0 Å². The van der Waals surface area contributed by atoms with E-state index in [0.717, 1.165) is 51.0 Å². The van der Waals surface area contributed by atoms with Crippen LogP contribution in [0, 0.1) is 0 Å².